The van der Waals surface area contributed by atoms with E-state index in [9.17, 15) is 13.2 Å². The van der Waals surface area contributed by atoms with Crippen molar-refractivity contribution in [1.29, 1.82) is 0 Å². The van der Waals surface area contributed by atoms with Crippen LogP contribution in [0.4, 0.5) is 4.79 Å². The minimum atomic E-state index is -4.09. The highest BCUT2D eigenvalue weighted by Gasteiger charge is 2.66. The number of hydrogen-bond donors (Lipinski definition) is 1. The van der Waals surface area contributed by atoms with Gasteiger partial charge in [0, 0.05) is 6.10 Å². The molecule has 6 unspecified atom stereocenters. The largest absolute Gasteiger partial charge is 0.488 e. The lowest BCUT2D eigenvalue weighted by Gasteiger charge is -2.66. The maximum Gasteiger partial charge on any atom is 0.421 e. The molecule has 0 bridgehead atoms. The number of rotatable bonds is 10. The van der Waals surface area contributed by atoms with Crippen molar-refractivity contribution >= 4 is 32.8 Å². The van der Waals surface area contributed by atoms with Crippen LogP contribution in [0.1, 0.15) is 126 Å². The predicted octanol–water partition coefficient (Wildman–Crippen LogP) is 11.4. The Labute approximate surface area is 343 Å². The normalized spacial score (nSPS) is 36.2. The van der Waals surface area contributed by atoms with Crippen LogP contribution in [0.15, 0.2) is 23.1 Å². The van der Waals surface area contributed by atoms with E-state index < -0.39 is 32.8 Å². The lowest BCUT2D eigenvalue weighted by Crippen LogP contribution is -2.64. The average molecular weight is 832 g/mol. The van der Waals surface area contributed by atoms with Gasteiger partial charge in [-0.25, -0.2) is 17.9 Å². The van der Waals surface area contributed by atoms with E-state index in [-0.39, 0.29) is 45.0 Å². The van der Waals surface area contributed by atoms with Gasteiger partial charge in [-0.2, -0.15) is 0 Å². The van der Waals surface area contributed by atoms with Crippen LogP contribution in [0.25, 0.3) is 0 Å². The number of ether oxygens (including phenoxy) is 2. The number of nitrogens with one attached hydrogen (secondary N) is 1. The fourth-order valence-electron chi connectivity index (χ4n) is 12.5. The number of aryl methyl sites for hydroxylation is 1. The summed E-state index contributed by atoms with van der Waals surface area (Å²) in [4.78, 5) is 13.1. The summed E-state index contributed by atoms with van der Waals surface area (Å²) in [7, 11) is -7.85. The smallest absolute Gasteiger partial charge is 0.421 e. The third-order valence-electron chi connectivity index (χ3n) is 16.3. The molecule has 5 aliphatic rings. The lowest BCUT2D eigenvalue weighted by atomic mass is 9.41. The number of benzene rings is 1. The Kier molecular flexibility index (Phi) is 12.0. The minimum Gasteiger partial charge on any atom is -0.488 e. The van der Waals surface area contributed by atoms with E-state index in [1.54, 1.807) is 12.1 Å². The molecule has 8 nitrogen and oxygen atoms in total. The summed E-state index contributed by atoms with van der Waals surface area (Å²) >= 11 is 0. The maximum absolute atomic E-state index is 13.3. The summed E-state index contributed by atoms with van der Waals surface area (Å²) in [6.45, 7) is 33.1. The maximum atomic E-state index is 13.3. The number of carbonyl (C=O) groups excluding carboxylic acids is 1. The predicted molar refractivity (Wildman–Crippen MR) is 230 cm³/mol. The van der Waals surface area contributed by atoms with E-state index >= 15 is 0 Å². The molecule has 318 valence electrons. The SMILES string of the molecule is CC[C@H]1C(O[Si](C)(C)C)[C@@H]2[C@H](CCC3(C)C([C@H](C)COC(=O)NS(=O)(=O)c4ccc5c(c4)CCC(C)(C)O5)CC[C@@H]23)C2(C)CCC(O[Si](C)(C)C(C)(C)C)CC12. The summed E-state index contributed by atoms with van der Waals surface area (Å²) in [5, 5.41) is 0.200. The van der Waals surface area contributed by atoms with Crippen molar-refractivity contribution in [2.45, 2.75) is 187 Å². The van der Waals surface area contributed by atoms with Crippen LogP contribution in [-0.4, -0.2) is 55.6 Å². The van der Waals surface area contributed by atoms with Crippen molar-refractivity contribution in [3.63, 3.8) is 0 Å². The molecule has 0 saturated heterocycles. The molecule has 4 saturated carbocycles. The molecule has 1 N–H and O–H groups in total. The molecule has 11 heteroatoms. The molecular weight excluding hydrogens is 755 g/mol. The van der Waals surface area contributed by atoms with Gasteiger partial charge >= 0.3 is 6.09 Å². The Hall–Kier alpha value is -1.41. The number of fused-ring (bicyclic) bond motifs is 6. The van der Waals surface area contributed by atoms with Crippen LogP contribution < -0.4 is 9.46 Å². The van der Waals surface area contributed by atoms with Crippen LogP contribution in [0.3, 0.4) is 0 Å². The molecule has 4 aliphatic carbocycles. The first-order chi connectivity index (χ1) is 25.7. The zero-order valence-corrected chi connectivity index (χ0v) is 40.3. The van der Waals surface area contributed by atoms with Crippen LogP contribution in [0, 0.1) is 52.3 Å². The van der Waals surface area contributed by atoms with Crippen molar-refractivity contribution in [1.82, 2.24) is 4.72 Å². The summed E-state index contributed by atoms with van der Waals surface area (Å²) in [5.41, 5.74) is 0.928. The Morgan fingerprint density at radius 2 is 1.59 bits per heavy atom. The quantitative estimate of drug-likeness (QED) is 0.234. The highest BCUT2D eigenvalue weighted by Crippen LogP contribution is 2.70. The van der Waals surface area contributed by atoms with E-state index in [1.165, 1.54) is 31.7 Å². The first-order valence-electron chi connectivity index (χ1n) is 22.1. The monoisotopic (exact) mass is 831 g/mol. The zero-order valence-electron chi connectivity index (χ0n) is 37.5. The number of hydrogen-bond acceptors (Lipinski definition) is 7. The Balaban J connectivity index is 1.16. The molecule has 0 aromatic heterocycles. The molecule has 6 rings (SSSR count). The summed E-state index contributed by atoms with van der Waals surface area (Å²) in [5.74, 6) is 4.00. The van der Waals surface area contributed by atoms with Gasteiger partial charge in [0.15, 0.2) is 16.6 Å². The summed E-state index contributed by atoms with van der Waals surface area (Å²) in [6.07, 6.45) is 10.5. The first-order valence-corrected chi connectivity index (χ1v) is 29.9. The molecule has 56 heavy (non-hydrogen) atoms. The van der Waals surface area contributed by atoms with Gasteiger partial charge in [0.2, 0.25) is 0 Å². The highest BCUT2D eigenvalue weighted by atomic mass is 32.2. The van der Waals surface area contributed by atoms with Crippen molar-refractivity contribution in [3.05, 3.63) is 23.8 Å². The molecule has 0 spiro atoms. The average Bonchev–Trinajstić information content (AvgIpc) is 3.43. The summed E-state index contributed by atoms with van der Waals surface area (Å²) in [6, 6.07) is 4.80. The zero-order chi connectivity index (χ0) is 41.4. The van der Waals surface area contributed by atoms with Crippen molar-refractivity contribution in [3.8, 4) is 5.75 Å². The van der Waals surface area contributed by atoms with Gasteiger partial charge in [0.05, 0.1) is 17.6 Å². The van der Waals surface area contributed by atoms with Crippen molar-refractivity contribution in [2.24, 2.45) is 52.3 Å². The van der Waals surface area contributed by atoms with Gasteiger partial charge in [-0.3, -0.25) is 0 Å². The number of amides is 1. The van der Waals surface area contributed by atoms with Crippen molar-refractivity contribution in [2.75, 3.05) is 6.61 Å². The van der Waals surface area contributed by atoms with Gasteiger partial charge in [0.1, 0.15) is 11.4 Å². The van der Waals surface area contributed by atoms with Gasteiger partial charge < -0.3 is 18.3 Å². The molecule has 1 amide bonds. The third kappa shape index (κ3) is 8.47. The minimum absolute atomic E-state index is 0.0490. The van der Waals surface area contributed by atoms with E-state index in [0.717, 1.165) is 37.7 Å². The van der Waals surface area contributed by atoms with E-state index in [2.05, 4.69) is 85.9 Å². The lowest BCUT2D eigenvalue weighted by molar-refractivity contribution is -0.197. The summed E-state index contributed by atoms with van der Waals surface area (Å²) < 4.78 is 55.2. The van der Waals surface area contributed by atoms with Crippen LogP contribution in [0.2, 0.25) is 37.8 Å². The molecule has 11 atom stereocenters. The third-order valence-corrected chi connectivity index (χ3v) is 23.1. The van der Waals surface area contributed by atoms with Gasteiger partial charge in [-0.15, -0.1) is 0 Å². The van der Waals surface area contributed by atoms with Crippen molar-refractivity contribution < 1.29 is 31.5 Å². The van der Waals surface area contributed by atoms with Gasteiger partial charge in [0.25, 0.3) is 10.0 Å². The first kappa shape index (κ1) is 44.2. The fourth-order valence-corrected chi connectivity index (χ4v) is 16.0. The Morgan fingerprint density at radius 3 is 2.23 bits per heavy atom. The topological polar surface area (TPSA) is 100 Å². The molecule has 1 aromatic carbocycles. The van der Waals surface area contributed by atoms with Gasteiger partial charge in [-0.1, -0.05) is 54.9 Å². The highest BCUT2D eigenvalue weighted by molar-refractivity contribution is 7.90. The van der Waals surface area contributed by atoms with E-state index in [4.69, 9.17) is 18.3 Å². The number of carbonyl (C=O) groups is 1. The van der Waals surface area contributed by atoms with E-state index in [0.29, 0.717) is 53.8 Å². The molecule has 0 radical (unpaired) electrons. The molecule has 4 fully saturated rings. The molecular formula is C45H77NO7SSi2. The molecule has 1 aromatic rings. The Morgan fingerprint density at radius 1 is 0.929 bits per heavy atom. The second-order valence-electron chi connectivity index (χ2n) is 22.5. The second kappa shape index (κ2) is 15.3. The number of sulfonamides is 1. The van der Waals surface area contributed by atoms with Gasteiger partial charge in [-0.05, 0) is 185 Å². The molecule has 1 aliphatic heterocycles. The van der Waals surface area contributed by atoms with E-state index in [1.807, 2.05) is 13.8 Å². The second-order valence-corrected chi connectivity index (χ2v) is 33.4. The van der Waals surface area contributed by atoms with Crippen LogP contribution >= 0.6 is 0 Å². The van der Waals surface area contributed by atoms with Crippen LogP contribution in [0.5, 0.6) is 5.75 Å². The standard InChI is InChI=1S/C45H77NO7SSi2/c1-15-33-37-27-31(52-56(13,14)42(3,4)5)21-24-45(37,9)36-22-25-44(8)34(17-18-35(44)39(36)40(33)53-55(10,11)12)29(2)28-50-41(47)46-54(48,49)32-16-19-38-30(26-32)20-23-43(6,7)51-38/h16,19,26,29,31,33-37,39-40H,15,17-18,20-25,27-28H2,1-14H3,(H,46,47)/t29-,31?,33-,34?,35+,36+,37?,39+,40?,44?,45?/m1/s1. The van der Waals surface area contributed by atoms with Crippen LogP contribution in [-0.2, 0) is 30.0 Å². The fraction of sp³-hybridized carbons (Fsp3) is 0.844. The Bertz CT molecular complexity index is 1720. The molecule has 1 heterocycles.